The first-order valence-electron chi connectivity index (χ1n) is 15.4. The molecule has 0 aliphatic rings. The van der Waals surface area contributed by atoms with Gasteiger partial charge in [0.15, 0.2) is 0 Å². The van der Waals surface area contributed by atoms with Gasteiger partial charge in [0.25, 0.3) is 0 Å². The lowest BCUT2D eigenvalue weighted by atomic mass is 10.1. The highest BCUT2D eigenvalue weighted by molar-refractivity contribution is 5.69. The highest BCUT2D eigenvalue weighted by Crippen LogP contribution is 2.11. The monoisotopic (exact) mass is 508 g/mol. The van der Waals surface area contributed by atoms with Crippen molar-refractivity contribution in [2.75, 3.05) is 19.8 Å². The van der Waals surface area contributed by atoms with E-state index in [1.54, 1.807) is 0 Å². The zero-order valence-corrected chi connectivity index (χ0v) is 24.0. The lowest BCUT2D eigenvalue weighted by molar-refractivity contribution is -0.154. The molecule has 0 aromatic carbocycles. The number of rotatable bonds is 28. The first kappa shape index (κ1) is 34.9. The maximum absolute atomic E-state index is 12.0. The van der Waals surface area contributed by atoms with Gasteiger partial charge in [0.2, 0.25) is 0 Å². The highest BCUT2D eigenvalue weighted by Gasteiger charge is 2.13. The van der Waals surface area contributed by atoms with E-state index in [0.29, 0.717) is 19.6 Å². The summed E-state index contributed by atoms with van der Waals surface area (Å²) in [7, 11) is 0. The zero-order valence-electron chi connectivity index (χ0n) is 24.0. The van der Waals surface area contributed by atoms with Gasteiger partial charge in [0.05, 0.1) is 13.2 Å². The molecule has 0 rings (SSSR count). The number of hydrogen-bond donors (Lipinski definition) is 1. The van der Waals surface area contributed by atoms with E-state index >= 15 is 0 Å². The van der Waals surface area contributed by atoms with Crippen molar-refractivity contribution in [1.29, 1.82) is 0 Å². The fourth-order valence-electron chi connectivity index (χ4n) is 4.18. The Morgan fingerprint density at radius 3 is 1.75 bits per heavy atom. The number of carbonyl (C=O) groups excluding carboxylic acids is 1. The minimum absolute atomic E-state index is 0.174. The van der Waals surface area contributed by atoms with Crippen molar-refractivity contribution in [3.8, 4) is 0 Å². The quantitative estimate of drug-likeness (QED) is 0.0650. The van der Waals surface area contributed by atoms with Gasteiger partial charge in [-0.1, -0.05) is 122 Å². The lowest BCUT2D eigenvalue weighted by Gasteiger charge is -2.15. The van der Waals surface area contributed by atoms with Crippen LogP contribution in [0.4, 0.5) is 0 Å². The van der Waals surface area contributed by atoms with Gasteiger partial charge in [-0.15, -0.1) is 0 Å². The molecule has 0 heterocycles. The lowest BCUT2D eigenvalue weighted by Crippen LogP contribution is -2.27. The van der Waals surface area contributed by atoms with Crippen LogP contribution in [-0.2, 0) is 14.3 Å². The van der Waals surface area contributed by atoms with E-state index in [1.807, 2.05) is 0 Å². The molecule has 0 aromatic heterocycles. The smallest absolute Gasteiger partial charge is 0.306 e. The van der Waals surface area contributed by atoms with Crippen molar-refractivity contribution in [2.24, 2.45) is 0 Å². The third-order valence-electron chi connectivity index (χ3n) is 6.53. The first-order chi connectivity index (χ1) is 17.7. The maximum atomic E-state index is 12.0. The van der Waals surface area contributed by atoms with Crippen LogP contribution in [0.3, 0.4) is 0 Å². The van der Waals surface area contributed by atoms with Crippen molar-refractivity contribution < 1.29 is 19.4 Å². The number of aliphatic hydroxyl groups is 1. The van der Waals surface area contributed by atoms with Gasteiger partial charge in [0, 0.05) is 13.0 Å². The summed E-state index contributed by atoms with van der Waals surface area (Å²) in [4.78, 5) is 12.0. The standard InChI is InChI=1S/C32H60O4/c1-3-5-7-9-11-12-13-14-15-16-17-18-19-20-22-24-26-28-35-30-31(29-33)36-32(34)27-25-23-21-10-8-6-4-2/h12-13,15-16,31,33H,3-11,14,17-30H2,1-2H3/b13-12-,16-15-. The molecule has 1 unspecified atom stereocenters. The molecule has 0 radical (unpaired) electrons. The van der Waals surface area contributed by atoms with Gasteiger partial charge >= 0.3 is 5.97 Å². The highest BCUT2D eigenvalue weighted by atomic mass is 16.6. The van der Waals surface area contributed by atoms with E-state index in [2.05, 4.69) is 38.2 Å². The van der Waals surface area contributed by atoms with Crippen LogP contribution < -0.4 is 0 Å². The first-order valence-corrected chi connectivity index (χ1v) is 15.4. The van der Waals surface area contributed by atoms with Crippen LogP contribution in [0.5, 0.6) is 0 Å². The molecule has 0 aromatic rings. The van der Waals surface area contributed by atoms with E-state index in [9.17, 15) is 9.90 Å². The molecule has 0 fully saturated rings. The molecule has 212 valence electrons. The molecule has 1 N–H and O–H groups in total. The Hall–Kier alpha value is -1.13. The zero-order chi connectivity index (χ0) is 26.4. The third-order valence-corrected chi connectivity index (χ3v) is 6.53. The molecule has 1 atom stereocenters. The van der Waals surface area contributed by atoms with Crippen LogP contribution in [0.25, 0.3) is 0 Å². The largest absolute Gasteiger partial charge is 0.457 e. The topological polar surface area (TPSA) is 55.8 Å². The van der Waals surface area contributed by atoms with Crippen molar-refractivity contribution in [3.05, 3.63) is 24.3 Å². The van der Waals surface area contributed by atoms with Crippen LogP contribution in [0.2, 0.25) is 0 Å². The fraction of sp³-hybridized carbons (Fsp3) is 0.844. The Morgan fingerprint density at radius 2 is 1.17 bits per heavy atom. The number of carbonyl (C=O) groups is 1. The molecule has 4 heteroatoms. The Kier molecular flexibility index (Phi) is 29.2. The normalized spacial score (nSPS) is 12.6. The summed E-state index contributed by atoms with van der Waals surface area (Å²) >= 11 is 0. The minimum atomic E-state index is -0.531. The maximum Gasteiger partial charge on any atom is 0.306 e. The number of hydrogen-bond acceptors (Lipinski definition) is 4. The number of ether oxygens (including phenoxy) is 2. The Balaban J connectivity index is 3.45. The second kappa shape index (κ2) is 30.1. The van der Waals surface area contributed by atoms with Gasteiger partial charge < -0.3 is 14.6 Å². The summed E-state index contributed by atoms with van der Waals surface area (Å²) in [5.41, 5.74) is 0. The van der Waals surface area contributed by atoms with E-state index in [0.717, 1.165) is 25.7 Å². The molecule has 4 nitrogen and oxygen atoms in total. The third kappa shape index (κ3) is 27.5. The predicted octanol–water partition coefficient (Wildman–Crippen LogP) is 9.25. The molecule has 0 spiro atoms. The predicted molar refractivity (Wildman–Crippen MR) is 154 cm³/mol. The van der Waals surface area contributed by atoms with Crippen molar-refractivity contribution in [2.45, 2.75) is 155 Å². The van der Waals surface area contributed by atoms with E-state index in [-0.39, 0.29) is 12.6 Å². The average Bonchev–Trinajstić information content (AvgIpc) is 2.88. The van der Waals surface area contributed by atoms with Gasteiger partial charge in [-0.25, -0.2) is 0 Å². The summed E-state index contributed by atoms with van der Waals surface area (Å²) in [6, 6.07) is 0. The second-order valence-electron chi connectivity index (χ2n) is 10.2. The van der Waals surface area contributed by atoms with Gasteiger partial charge in [-0.3, -0.25) is 4.79 Å². The Labute approximate surface area is 224 Å². The molecule has 0 bridgehead atoms. The summed E-state index contributed by atoms with van der Waals surface area (Å²) in [6.45, 7) is 5.26. The number of aliphatic hydroxyl groups excluding tert-OH is 1. The van der Waals surface area contributed by atoms with Gasteiger partial charge in [0.1, 0.15) is 6.10 Å². The SMILES string of the molecule is CCCCCC/C=C\C/C=C\CCCCCCCCOCC(CO)OC(=O)CCCCCCCCC. The van der Waals surface area contributed by atoms with Crippen LogP contribution in [0.1, 0.15) is 149 Å². The summed E-state index contributed by atoms with van der Waals surface area (Å²) in [5, 5.41) is 9.45. The molecule has 0 amide bonds. The van der Waals surface area contributed by atoms with Crippen LogP contribution >= 0.6 is 0 Å². The van der Waals surface area contributed by atoms with Crippen LogP contribution in [0.15, 0.2) is 24.3 Å². The molecule has 36 heavy (non-hydrogen) atoms. The number of unbranched alkanes of at least 4 members (excludes halogenated alkanes) is 16. The van der Waals surface area contributed by atoms with E-state index in [1.165, 1.54) is 103 Å². The Bertz CT molecular complexity index is 500. The molecular formula is C32H60O4. The van der Waals surface area contributed by atoms with Gasteiger partial charge in [-0.05, 0) is 44.9 Å². The Morgan fingerprint density at radius 1 is 0.667 bits per heavy atom. The fourth-order valence-corrected chi connectivity index (χ4v) is 4.18. The van der Waals surface area contributed by atoms with E-state index < -0.39 is 6.10 Å². The van der Waals surface area contributed by atoms with Gasteiger partial charge in [-0.2, -0.15) is 0 Å². The second-order valence-corrected chi connectivity index (χ2v) is 10.2. The van der Waals surface area contributed by atoms with Crippen LogP contribution in [0, 0.1) is 0 Å². The average molecular weight is 509 g/mol. The molecular weight excluding hydrogens is 448 g/mol. The van der Waals surface area contributed by atoms with Crippen molar-refractivity contribution in [1.82, 2.24) is 0 Å². The number of allylic oxidation sites excluding steroid dienone is 4. The minimum Gasteiger partial charge on any atom is -0.457 e. The van der Waals surface area contributed by atoms with Crippen LogP contribution in [-0.4, -0.2) is 37.0 Å². The van der Waals surface area contributed by atoms with Crippen molar-refractivity contribution >= 4 is 5.97 Å². The molecule has 0 saturated heterocycles. The molecule has 0 aliphatic carbocycles. The van der Waals surface area contributed by atoms with Crippen molar-refractivity contribution in [3.63, 3.8) is 0 Å². The number of esters is 1. The summed E-state index contributed by atoms with van der Waals surface area (Å²) in [5.74, 6) is -0.213. The van der Waals surface area contributed by atoms with E-state index in [4.69, 9.17) is 9.47 Å². The molecule has 0 aliphatic heterocycles. The summed E-state index contributed by atoms with van der Waals surface area (Å²) in [6.07, 6.45) is 33.5. The summed E-state index contributed by atoms with van der Waals surface area (Å²) < 4.78 is 11.0. The molecule has 0 saturated carbocycles.